The zero-order valence-electron chi connectivity index (χ0n) is 15.2. The second kappa shape index (κ2) is 7.52. The van der Waals surface area contributed by atoms with E-state index >= 15 is 0 Å². The van der Waals surface area contributed by atoms with Crippen molar-refractivity contribution >= 4 is 11.6 Å². The normalized spacial score (nSPS) is 10.8. The van der Waals surface area contributed by atoms with E-state index in [4.69, 9.17) is 0 Å². The van der Waals surface area contributed by atoms with Gasteiger partial charge in [0.2, 0.25) is 0 Å². The predicted molar refractivity (Wildman–Crippen MR) is 101 cm³/mol. The molecule has 0 atom stereocenters. The van der Waals surface area contributed by atoms with Crippen LogP contribution in [0.15, 0.2) is 48.5 Å². The molecule has 4 nitrogen and oxygen atoms in total. The summed E-state index contributed by atoms with van der Waals surface area (Å²) >= 11 is 0. The number of anilines is 1. The molecular formula is C21H22FN3O. The Morgan fingerprint density at radius 2 is 1.81 bits per heavy atom. The fourth-order valence-corrected chi connectivity index (χ4v) is 2.90. The van der Waals surface area contributed by atoms with Crippen LogP contribution in [-0.2, 0) is 13.0 Å². The molecule has 0 radical (unpaired) electrons. The van der Waals surface area contributed by atoms with Crippen molar-refractivity contribution in [2.75, 3.05) is 5.32 Å². The summed E-state index contributed by atoms with van der Waals surface area (Å²) < 4.78 is 15.6. The maximum atomic E-state index is 13.9. The summed E-state index contributed by atoms with van der Waals surface area (Å²) in [6.45, 7) is 6.10. The smallest absolute Gasteiger partial charge is 0.255 e. The topological polar surface area (TPSA) is 46.9 Å². The average molecular weight is 351 g/mol. The van der Waals surface area contributed by atoms with Gasteiger partial charge in [-0.1, -0.05) is 37.3 Å². The van der Waals surface area contributed by atoms with Crippen LogP contribution in [-0.4, -0.2) is 15.7 Å². The van der Waals surface area contributed by atoms with Crippen LogP contribution in [0.2, 0.25) is 0 Å². The molecule has 3 rings (SSSR count). The Hall–Kier alpha value is -2.95. The number of carbonyl (C=O) groups is 1. The quantitative estimate of drug-likeness (QED) is 0.735. The van der Waals surface area contributed by atoms with E-state index in [1.165, 1.54) is 11.6 Å². The first-order valence-electron chi connectivity index (χ1n) is 8.67. The largest absolute Gasteiger partial charge is 0.319 e. The lowest BCUT2D eigenvalue weighted by atomic mass is 10.1. The number of hydrogen-bond donors (Lipinski definition) is 1. The van der Waals surface area contributed by atoms with Crippen molar-refractivity contribution < 1.29 is 9.18 Å². The van der Waals surface area contributed by atoms with E-state index in [-0.39, 0.29) is 11.7 Å². The summed E-state index contributed by atoms with van der Waals surface area (Å²) in [4.78, 5) is 12.5. The third-order valence-corrected chi connectivity index (χ3v) is 4.52. The van der Waals surface area contributed by atoms with E-state index < -0.39 is 0 Å². The lowest BCUT2D eigenvalue weighted by Gasteiger charge is -2.08. The van der Waals surface area contributed by atoms with Crippen molar-refractivity contribution in [2.24, 2.45) is 0 Å². The van der Waals surface area contributed by atoms with Crippen molar-refractivity contribution in [1.29, 1.82) is 0 Å². The van der Waals surface area contributed by atoms with Gasteiger partial charge in [0.1, 0.15) is 5.82 Å². The zero-order valence-corrected chi connectivity index (χ0v) is 15.2. The second-order valence-electron chi connectivity index (χ2n) is 6.30. The number of halogens is 1. The van der Waals surface area contributed by atoms with Gasteiger partial charge < -0.3 is 5.32 Å². The minimum atomic E-state index is -0.262. The van der Waals surface area contributed by atoms with Crippen molar-refractivity contribution in [3.8, 4) is 0 Å². The van der Waals surface area contributed by atoms with Gasteiger partial charge in [-0.25, -0.2) is 4.39 Å². The average Bonchev–Trinajstić information content (AvgIpc) is 2.91. The highest BCUT2D eigenvalue weighted by molar-refractivity contribution is 6.04. The molecule has 3 aromatic rings. The summed E-state index contributed by atoms with van der Waals surface area (Å²) in [5.74, 6) is -0.439. The monoisotopic (exact) mass is 351 g/mol. The summed E-state index contributed by atoms with van der Waals surface area (Å²) in [7, 11) is 0. The number of nitrogens with one attached hydrogen (secondary N) is 1. The van der Waals surface area contributed by atoms with Gasteiger partial charge in [0.25, 0.3) is 5.91 Å². The van der Waals surface area contributed by atoms with Crippen LogP contribution >= 0.6 is 0 Å². The fourth-order valence-electron chi connectivity index (χ4n) is 2.90. The molecule has 1 heterocycles. The van der Waals surface area contributed by atoms with Gasteiger partial charge in [-0.05, 0) is 44.0 Å². The minimum Gasteiger partial charge on any atom is -0.319 e. The molecule has 26 heavy (non-hydrogen) atoms. The molecule has 0 fully saturated rings. The highest BCUT2D eigenvalue weighted by Crippen LogP contribution is 2.22. The SMILES string of the molecule is CCc1ccc(C(=O)Nc2c(C)nn(Cc3ccccc3F)c2C)cc1. The van der Waals surface area contributed by atoms with E-state index in [1.807, 2.05) is 38.1 Å². The number of amides is 1. The van der Waals surface area contributed by atoms with Crippen molar-refractivity contribution in [3.05, 3.63) is 82.4 Å². The Balaban J connectivity index is 1.81. The number of aromatic nitrogens is 2. The van der Waals surface area contributed by atoms with Gasteiger partial charge in [0, 0.05) is 11.1 Å². The fraction of sp³-hybridized carbons (Fsp3) is 0.238. The highest BCUT2D eigenvalue weighted by atomic mass is 19.1. The van der Waals surface area contributed by atoms with Gasteiger partial charge in [0.15, 0.2) is 0 Å². The molecule has 0 bridgehead atoms. The van der Waals surface area contributed by atoms with Crippen LogP contribution < -0.4 is 5.32 Å². The van der Waals surface area contributed by atoms with E-state index in [1.54, 1.807) is 22.9 Å². The van der Waals surface area contributed by atoms with Gasteiger partial charge in [-0.15, -0.1) is 0 Å². The number of nitrogens with zero attached hydrogens (tertiary/aromatic N) is 2. The number of aryl methyl sites for hydroxylation is 2. The minimum absolute atomic E-state index is 0.177. The third kappa shape index (κ3) is 3.67. The summed E-state index contributed by atoms with van der Waals surface area (Å²) in [6, 6.07) is 14.2. The molecule has 134 valence electrons. The highest BCUT2D eigenvalue weighted by Gasteiger charge is 2.16. The molecule has 0 spiro atoms. The molecule has 0 unspecified atom stereocenters. The molecule has 1 aromatic heterocycles. The molecule has 2 aromatic carbocycles. The summed E-state index contributed by atoms with van der Waals surface area (Å²) in [5, 5.41) is 7.39. The zero-order chi connectivity index (χ0) is 18.7. The number of carbonyl (C=O) groups excluding carboxylic acids is 1. The van der Waals surface area contributed by atoms with Crippen molar-refractivity contribution in [3.63, 3.8) is 0 Å². The molecule has 0 saturated carbocycles. The van der Waals surface area contributed by atoms with Gasteiger partial charge in [-0.2, -0.15) is 5.10 Å². The first kappa shape index (κ1) is 17.9. The van der Waals surface area contributed by atoms with Crippen LogP contribution in [0.1, 0.15) is 39.8 Å². The molecular weight excluding hydrogens is 329 g/mol. The van der Waals surface area contributed by atoms with E-state index in [9.17, 15) is 9.18 Å². The van der Waals surface area contributed by atoms with E-state index in [0.717, 1.165) is 12.1 Å². The van der Waals surface area contributed by atoms with E-state index in [2.05, 4.69) is 17.3 Å². The van der Waals surface area contributed by atoms with E-state index in [0.29, 0.717) is 29.1 Å². The standard InChI is InChI=1S/C21H22FN3O/c1-4-16-9-11-17(12-10-16)21(26)23-20-14(2)24-25(15(20)3)13-18-7-5-6-8-19(18)22/h5-12H,4,13H2,1-3H3,(H,23,26). The Labute approximate surface area is 152 Å². The first-order chi connectivity index (χ1) is 12.5. The van der Waals surface area contributed by atoms with Crippen LogP contribution in [0.3, 0.4) is 0 Å². The number of rotatable bonds is 5. The van der Waals surface area contributed by atoms with Gasteiger partial charge in [0.05, 0.1) is 23.6 Å². The molecule has 1 N–H and O–H groups in total. The summed E-state index contributed by atoms with van der Waals surface area (Å²) in [5.41, 5.74) is 4.52. The molecule has 0 aliphatic rings. The predicted octanol–water partition coefficient (Wildman–Crippen LogP) is 4.50. The molecule has 0 saturated heterocycles. The lowest BCUT2D eigenvalue weighted by Crippen LogP contribution is -2.13. The van der Waals surface area contributed by atoms with Crippen LogP contribution in [0.5, 0.6) is 0 Å². The Bertz CT molecular complexity index is 929. The molecule has 0 aliphatic heterocycles. The Kier molecular flexibility index (Phi) is 5.16. The molecule has 5 heteroatoms. The Morgan fingerprint density at radius 3 is 2.46 bits per heavy atom. The second-order valence-corrected chi connectivity index (χ2v) is 6.30. The maximum absolute atomic E-state index is 13.9. The van der Waals surface area contributed by atoms with Crippen LogP contribution in [0.25, 0.3) is 0 Å². The number of hydrogen-bond acceptors (Lipinski definition) is 2. The third-order valence-electron chi connectivity index (χ3n) is 4.52. The van der Waals surface area contributed by atoms with Crippen LogP contribution in [0, 0.1) is 19.7 Å². The molecule has 1 amide bonds. The Morgan fingerprint density at radius 1 is 1.12 bits per heavy atom. The summed E-state index contributed by atoms with van der Waals surface area (Å²) in [6.07, 6.45) is 0.933. The van der Waals surface area contributed by atoms with Gasteiger partial charge in [-0.3, -0.25) is 9.48 Å². The lowest BCUT2D eigenvalue weighted by molar-refractivity contribution is 0.102. The van der Waals surface area contributed by atoms with Crippen molar-refractivity contribution in [1.82, 2.24) is 9.78 Å². The number of benzene rings is 2. The first-order valence-corrected chi connectivity index (χ1v) is 8.67. The maximum Gasteiger partial charge on any atom is 0.255 e. The van der Waals surface area contributed by atoms with Crippen molar-refractivity contribution in [2.45, 2.75) is 33.7 Å². The van der Waals surface area contributed by atoms with Crippen LogP contribution in [0.4, 0.5) is 10.1 Å². The molecule has 0 aliphatic carbocycles. The van der Waals surface area contributed by atoms with Gasteiger partial charge >= 0.3 is 0 Å².